The van der Waals surface area contributed by atoms with Crippen molar-refractivity contribution in [2.75, 3.05) is 16.8 Å². The number of hydrogen-bond acceptors (Lipinski definition) is 5. The summed E-state index contributed by atoms with van der Waals surface area (Å²) < 4.78 is 4.21. The molecule has 0 fully saturated rings. The Labute approximate surface area is 272 Å². The number of carbonyl (C=O) groups excluding carboxylic acids is 1. The van der Waals surface area contributed by atoms with Gasteiger partial charge in [0.2, 0.25) is 0 Å². The molecule has 2 aromatic heterocycles. The Morgan fingerprint density at radius 2 is 1.49 bits per heavy atom. The summed E-state index contributed by atoms with van der Waals surface area (Å²) in [7, 11) is 0. The number of nitrogens with two attached hydrogens (primary N) is 2. The lowest BCUT2D eigenvalue weighted by molar-refractivity contribution is 0.102. The number of benzene rings is 3. The number of carbonyl (C=O) groups is 1. The number of anilines is 3. The van der Waals surface area contributed by atoms with Gasteiger partial charge in [-0.1, -0.05) is 0 Å². The molecule has 0 radical (unpaired) electrons. The first-order valence-electron chi connectivity index (χ1n) is 12.9. The van der Waals surface area contributed by atoms with Crippen LogP contribution in [0.15, 0.2) is 107 Å². The number of hydrogen-bond donors (Lipinski definition) is 3. The van der Waals surface area contributed by atoms with Crippen LogP contribution in [0.2, 0.25) is 0 Å². The smallest absolute Gasteiger partial charge is 0.257 e. The van der Waals surface area contributed by atoms with Gasteiger partial charge in [-0.15, -0.1) is 48.0 Å². The number of halogens is 2. The summed E-state index contributed by atoms with van der Waals surface area (Å²) in [6.07, 6.45) is 5.99. The first kappa shape index (κ1) is 31.9. The molecule has 0 atom stereocenters. The second-order valence-corrected chi connectivity index (χ2v) is 9.15. The van der Waals surface area contributed by atoms with E-state index in [1.165, 1.54) is 0 Å². The second-order valence-electron chi connectivity index (χ2n) is 9.15. The van der Waals surface area contributed by atoms with Gasteiger partial charge in [-0.05, 0) is 92.7 Å². The highest BCUT2D eigenvalue weighted by Crippen LogP contribution is 2.23. The van der Waals surface area contributed by atoms with Crippen LogP contribution in [0.3, 0.4) is 0 Å². The molecule has 41 heavy (non-hydrogen) atoms. The lowest BCUT2D eigenvalue weighted by Gasteiger charge is -2.10. The van der Waals surface area contributed by atoms with Gasteiger partial charge in [0.1, 0.15) is 0 Å². The lowest BCUT2D eigenvalue weighted by atomic mass is 10.1. The van der Waals surface area contributed by atoms with E-state index in [1.54, 1.807) is 18.2 Å². The topological polar surface area (TPSA) is 116 Å². The fourth-order valence-corrected chi connectivity index (χ4v) is 4.38. The van der Waals surface area contributed by atoms with Gasteiger partial charge < -0.3 is 25.9 Å². The van der Waals surface area contributed by atoms with Crippen LogP contribution in [0.4, 0.5) is 28.4 Å². The minimum absolute atomic E-state index is 0. The molecule has 0 bridgehead atoms. The fourth-order valence-electron chi connectivity index (χ4n) is 4.38. The van der Waals surface area contributed by atoms with Crippen molar-refractivity contribution in [3.8, 4) is 0 Å². The van der Waals surface area contributed by atoms with Gasteiger partial charge in [-0.3, -0.25) is 4.79 Å². The maximum atomic E-state index is 13.0. The van der Waals surface area contributed by atoms with Crippen molar-refractivity contribution in [1.29, 1.82) is 0 Å². The molecule has 3 aromatic carbocycles. The van der Waals surface area contributed by atoms with Crippen molar-refractivity contribution >= 4 is 93.2 Å². The van der Waals surface area contributed by atoms with Gasteiger partial charge in [0.05, 0.1) is 33.2 Å². The van der Waals surface area contributed by atoms with Crippen LogP contribution < -0.4 is 27.5 Å². The third-order valence-electron chi connectivity index (χ3n) is 6.51. The molecular weight excluding hydrogens is 740 g/mol. The van der Waals surface area contributed by atoms with Crippen LogP contribution >= 0.6 is 48.0 Å². The summed E-state index contributed by atoms with van der Waals surface area (Å²) in [5.74, 6) is -0.294. The molecular formula is C31H33I2N7O. The lowest BCUT2D eigenvalue weighted by Crippen LogP contribution is -2.14. The molecule has 0 aliphatic carbocycles. The third-order valence-corrected chi connectivity index (χ3v) is 6.51. The molecule has 5 aromatic rings. The number of nitrogen functional groups attached to an aromatic ring is 2. The van der Waals surface area contributed by atoms with Crippen molar-refractivity contribution in [2.24, 2.45) is 9.98 Å². The fraction of sp³-hybridized carbons (Fsp3) is 0.129. The van der Waals surface area contributed by atoms with Gasteiger partial charge in [-0.2, -0.15) is 0 Å². The first-order valence-corrected chi connectivity index (χ1v) is 12.9. The summed E-state index contributed by atoms with van der Waals surface area (Å²) in [5.41, 5.74) is 16.9. The predicted molar refractivity (Wildman–Crippen MR) is 189 cm³/mol. The molecule has 0 saturated heterocycles. The summed E-state index contributed by atoms with van der Waals surface area (Å²) >= 11 is 0. The minimum atomic E-state index is -0.294. The van der Waals surface area contributed by atoms with E-state index in [2.05, 4.69) is 33.3 Å². The molecule has 212 valence electrons. The van der Waals surface area contributed by atoms with Crippen LogP contribution in [0, 0.1) is 0 Å². The Kier molecular flexibility index (Phi) is 11.1. The average molecular weight is 773 g/mol. The second kappa shape index (κ2) is 14.3. The van der Waals surface area contributed by atoms with Crippen LogP contribution in [-0.4, -0.2) is 15.0 Å². The zero-order valence-corrected chi connectivity index (χ0v) is 27.5. The van der Waals surface area contributed by atoms with Gasteiger partial charge in [0, 0.05) is 54.1 Å². The SMILES string of the molecule is CCn1ccc(=Nc2ccc(NC(=O)c3ccc(N=c4ccn(CC)c5ccc(N)cc45)cc3N)cc2)cc1.I.I. The third kappa shape index (κ3) is 7.55. The van der Waals surface area contributed by atoms with Gasteiger partial charge in [0.15, 0.2) is 0 Å². The van der Waals surface area contributed by atoms with E-state index in [1.807, 2.05) is 79.3 Å². The Balaban J connectivity index is 0.00000231. The summed E-state index contributed by atoms with van der Waals surface area (Å²) in [5, 5.41) is 5.51. The standard InChI is InChI=1S/C31H31N7O.2HI/c1-3-37-16-13-24(14-17-37)34-22-6-8-23(9-7-22)36-31(39)26-11-10-25(20-28(26)33)35-29-15-18-38(4-2)30-12-5-21(32)19-27(29)30;;/h5-20H,3-4,32-33H2,1-2H3,(H,36,39);2*1H. The summed E-state index contributed by atoms with van der Waals surface area (Å²) in [6.45, 7) is 5.92. The Morgan fingerprint density at radius 3 is 2.15 bits per heavy atom. The number of aromatic nitrogens is 2. The Bertz CT molecular complexity index is 1790. The maximum absolute atomic E-state index is 13.0. The number of rotatable bonds is 6. The first-order chi connectivity index (χ1) is 18.9. The number of nitrogens with zero attached hydrogens (tertiary/aromatic N) is 4. The highest BCUT2D eigenvalue weighted by molar-refractivity contribution is 14.0. The van der Waals surface area contributed by atoms with E-state index in [-0.39, 0.29) is 53.9 Å². The number of aryl methyl sites for hydroxylation is 2. The highest BCUT2D eigenvalue weighted by Gasteiger charge is 2.11. The highest BCUT2D eigenvalue weighted by atomic mass is 127. The molecule has 0 saturated carbocycles. The molecule has 0 unspecified atom stereocenters. The number of fused-ring (bicyclic) bond motifs is 1. The number of amides is 1. The number of nitrogens with one attached hydrogen (secondary N) is 1. The van der Waals surface area contributed by atoms with Crippen molar-refractivity contribution in [2.45, 2.75) is 26.9 Å². The normalized spacial score (nSPS) is 10.9. The molecule has 5 rings (SSSR count). The monoisotopic (exact) mass is 773 g/mol. The van der Waals surface area contributed by atoms with Crippen molar-refractivity contribution in [3.63, 3.8) is 0 Å². The van der Waals surface area contributed by atoms with Crippen molar-refractivity contribution in [1.82, 2.24) is 9.13 Å². The minimum Gasteiger partial charge on any atom is -0.399 e. The van der Waals surface area contributed by atoms with Gasteiger partial charge in [-0.25, -0.2) is 9.98 Å². The van der Waals surface area contributed by atoms with Crippen molar-refractivity contribution < 1.29 is 4.79 Å². The van der Waals surface area contributed by atoms with E-state index < -0.39 is 0 Å². The van der Waals surface area contributed by atoms with E-state index >= 15 is 0 Å². The molecule has 1 amide bonds. The Hall–Kier alpha value is -3.65. The molecule has 2 heterocycles. The molecule has 5 N–H and O–H groups in total. The van der Waals surface area contributed by atoms with E-state index in [0.717, 1.165) is 40.4 Å². The average Bonchev–Trinajstić information content (AvgIpc) is 2.95. The quantitative estimate of drug-likeness (QED) is 0.134. The number of pyridine rings is 2. The Morgan fingerprint density at radius 1 is 0.780 bits per heavy atom. The van der Waals surface area contributed by atoms with Gasteiger partial charge >= 0.3 is 0 Å². The van der Waals surface area contributed by atoms with E-state index in [0.29, 0.717) is 28.3 Å². The van der Waals surface area contributed by atoms with Crippen molar-refractivity contribution in [3.05, 3.63) is 114 Å². The molecule has 10 heteroatoms. The summed E-state index contributed by atoms with van der Waals surface area (Å²) in [4.78, 5) is 22.4. The van der Waals surface area contributed by atoms with Gasteiger partial charge in [0.25, 0.3) is 5.91 Å². The summed E-state index contributed by atoms with van der Waals surface area (Å²) in [6, 6.07) is 24.2. The molecule has 8 nitrogen and oxygen atoms in total. The van der Waals surface area contributed by atoms with Crippen LogP contribution in [0.1, 0.15) is 24.2 Å². The molecule has 0 aliphatic heterocycles. The van der Waals surface area contributed by atoms with Crippen LogP contribution in [0.5, 0.6) is 0 Å². The zero-order chi connectivity index (χ0) is 27.4. The molecule has 0 aliphatic rings. The van der Waals surface area contributed by atoms with Crippen LogP contribution in [0.25, 0.3) is 10.9 Å². The maximum Gasteiger partial charge on any atom is 0.257 e. The van der Waals surface area contributed by atoms with Crippen LogP contribution in [-0.2, 0) is 13.1 Å². The van der Waals surface area contributed by atoms with E-state index in [4.69, 9.17) is 16.5 Å². The molecule has 0 spiro atoms. The largest absolute Gasteiger partial charge is 0.399 e. The zero-order valence-electron chi connectivity index (χ0n) is 22.8. The van der Waals surface area contributed by atoms with E-state index in [9.17, 15) is 4.79 Å². The predicted octanol–water partition coefficient (Wildman–Crippen LogP) is 6.60.